The molecule has 1 fully saturated rings. The van der Waals surface area contributed by atoms with Crippen molar-refractivity contribution in [1.29, 1.82) is 0 Å². The molecule has 2 aromatic heterocycles. The Kier molecular flexibility index (Phi) is 2.49. The molecule has 2 N–H and O–H groups in total. The molecule has 16 heavy (non-hydrogen) atoms. The Hall–Kier alpha value is -1.20. The van der Waals surface area contributed by atoms with E-state index in [-0.39, 0.29) is 11.8 Å². The molecule has 0 radical (unpaired) electrons. The van der Waals surface area contributed by atoms with Gasteiger partial charge >= 0.3 is 0 Å². The molecule has 0 bridgehead atoms. The van der Waals surface area contributed by atoms with Crippen molar-refractivity contribution in [3.63, 3.8) is 0 Å². The van der Waals surface area contributed by atoms with Crippen molar-refractivity contribution in [1.82, 2.24) is 14.7 Å². The van der Waals surface area contributed by atoms with Crippen molar-refractivity contribution in [2.24, 2.45) is 0 Å². The predicted molar refractivity (Wildman–Crippen MR) is 64.9 cm³/mol. The van der Waals surface area contributed by atoms with Gasteiger partial charge < -0.3 is 10.4 Å². The second-order valence-electron chi connectivity index (χ2n) is 3.88. The average Bonchev–Trinajstić information content (AvgIpc) is 2.73. The van der Waals surface area contributed by atoms with Gasteiger partial charge in [-0.3, -0.25) is 4.40 Å². The van der Waals surface area contributed by atoms with Gasteiger partial charge in [0, 0.05) is 18.1 Å². The van der Waals surface area contributed by atoms with Crippen LogP contribution in [0.15, 0.2) is 24.5 Å². The van der Waals surface area contributed by atoms with E-state index >= 15 is 0 Å². The van der Waals surface area contributed by atoms with E-state index in [0.717, 1.165) is 29.4 Å². The van der Waals surface area contributed by atoms with Crippen LogP contribution < -0.4 is 5.32 Å². The molecule has 0 saturated carbocycles. The molecule has 0 aromatic carbocycles. The summed E-state index contributed by atoms with van der Waals surface area (Å²) in [5, 5.41) is 12.9. The first-order valence-corrected chi connectivity index (χ1v) is 6.47. The maximum absolute atomic E-state index is 9.50. The van der Waals surface area contributed by atoms with Gasteiger partial charge in [0.15, 0.2) is 0 Å². The second-order valence-corrected chi connectivity index (χ2v) is 5.03. The molecule has 0 amide bonds. The van der Waals surface area contributed by atoms with Crippen LogP contribution in [0.1, 0.15) is 11.9 Å². The Bertz CT molecular complexity index is 505. The lowest BCUT2D eigenvalue weighted by molar-refractivity contribution is 0.470. The molecular formula is C11H13N3OS. The fourth-order valence-electron chi connectivity index (χ4n) is 1.99. The predicted octanol–water partition coefficient (Wildman–Crippen LogP) is 1.42. The van der Waals surface area contributed by atoms with Crippen LogP contribution in [0.3, 0.4) is 0 Å². The third kappa shape index (κ3) is 1.66. The molecule has 3 heterocycles. The maximum Gasteiger partial charge on any atom is 0.132 e. The second kappa shape index (κ2) is 3.99. The number of fused-ring (bicyclic) bond motifs is 1. The number of thioether (sulfide) groups is 1. The van der Waals surface area contributed by atoms with Crippen LogP contribution in [0, 0.1) is 0 Å². The molecule has 3 rings (SSSR count). The van der Waals surface area contributed by atoms with Crippen molar-refractivity contribution in [3.05, 3.63) is 30.4 Å². The summed E-state index contributed by atoms with van der Waals surface area (Å²) in [5.41, 5.74) is 1.02. The molecule has 2 aromatic rings. The van der Waals surface area contributed by atoms with E-state index in [1.54, 1.807) is 12.3 Å². The van der Waals surface area contributed by atoms with Gasteiger partial charge in [0.25, 0.3) is 0 Å². The Morgan fingerprint density at radius 1 is 1.50 bits per heavy atom. The van der Waals surface area contributed by atoms with E-state index in [1.807, 2.05) is 28.4 Å². The van der Waals surface area contributed by atoms with Crippen molar-refractivity contribution < 1.29 is 5.11 Å². The summed E-state index contributed by atoms with van der Waals surface area (Å²) in [7, 11) is 0. The topological polar surface area (TPSA) is 49.6 Å². The Morgan fingerprint density at radius 2 is 2.44 bits per heavy atom. The smallest absolute Gasteiger partial charge is 0.132 e. The number of hydrogen-bond donors (Lipinski definition) is 2. The molecule has 1 unspecified atom stereocenters. The lowest BCUT2D eigenvalue weighted by atomic mass is 10.3. The van der Waals surface area contributed by atoms with Crippen LogP contribution in [0.2, 0.25) is 0 Å². The first-order valence-electron chi connectivity index (χ1n) is 5.32. The first-order chi connectivity index (χ1) is 7.84. The molecular weight excluding hydrogens is 222 g/mol. The number of nitrogens with zero attached hydrogens (tertiary/aromatic N) is 2. The molecule has 1 saturated heterocycles. The summed E-state index contributed by atoms with van der Waals surface area (Å²) in [6.45, 7) is 1.02. The zero-order valence-corrected chi connectivity index (χ0v) is 9.57. The number of aromatic nitrogens is 2. The number of pyridine rings is 1. The standard InChI is InChI=1S/C11H13N3OS/c15-9-2-1-8-5-13-11(14(8)6-9)10-7-16-4-3-12-10/h1-2,5-6,10,12,15H,3-4,7H2. The van der Waals surface area contributed by atoms with Crippen LogP contribution in [-0.4, -0.2) is 32.5 Å². The van der Waals surface area contributed by atoms with Gasteiger partial charge in [-0.1, -0.05) is 0 Å². The quantitative estimate of drug-likeness (QED) is 0.785. The highest BCUT2D eigenvalue weighted by atomic mass is 32.2. The Labute approximate surface area is 97.7 Å². The van der Waals surface area contributed by atoms with Gasteiger partial charge in [0.2, 0.25) is 0 Å². The fraction of sp³-hybridized carbons (Fsp3) is 0.364. The normalized spacial score (nSPS) is 21.4. The zero-order chi connectivity index (χ0) is 11.0. The van der Waals surface area contributed by atoms with Crippen LogP contribution >= 0.6 is 11.8 Å². The summed E-state index contributed by atoms with van der Waals surface area (Å²) in [4.78, 5) is 4.44. The average molecular weight is 235 g/mol. The van der Waals surface area contributed by atoms with Gasteiger partial charge in [-0.15, -0.1) is 0 Å². The number of aromatic hydroxyl groups is 1. The summed E-state index contributed by atoms with van der Waals surface area (Å²) in [6.07, 6.45) is 3.56. The van der Waals surface area contributed by atoms with Gasteiger partial charge in [-0.2, -0.15) is 11.8 Å². The molecule has 84 valence electrons. The summed E-state index contributed by atoms with van der Waals surface area (Å²) in [6, 6.07) is 3.84. The molecule has 4 nitrogen and oxygen atoms in total. The van der Waals surface area contributed by atoms with Gasteiger partial charge in [0.1, 0.15) is 11.6 Å². The zero-order valence-electron chi connectivity index (χ0n) is 8.76. The first kappa shape index (κ1) is 9.99. The van der Waals surface area contributed by atoms with Gasteiger partial charge in [0.05, 0.1) is 24.0 Å². The van der Waals surface area contributed by atoms with E-state index < -0.39 is 0 Å². The minimum Gasteiger partial charge on any atom is -0.506 e. The minimum absolute atomic E-state index is 0.273. The summed E-state index contributed by atoms with van der Waals surface area (Å²) < 4.78 is 1.96. The van der Waals surface area contributed by atoms with E-state index in [0.29, 0.717) is 0 Å². The lowest BCUT2D eigenvalue weighted by Crippen LogP contribution is -2.31. The molecule has 0 spiro atoms. The molecule has 5 heteroatoms. The van der Waals surface area contributed by atoms with Gasteiger partial charge in [-0.25, -0.2) is 4.98 Å². The van der Waals surface area contributed by atoms with Crippen LogP contribution in [0.5, 0.6) is 5.75 Å². The SMILES string of the molecule is Oc1ccc2cnc(C3CSCCN3)n2c1. The number of nitrogens with one attached hydrogen (secondary N) is 1. The van der Waals surface area contributed by atoms with Crippen molar-refractivity contribution in [3.8, 4) is 5.75 Å². The highest BCUT2D eigenvalue weighted by molar-refractivity contribution is 7.99. The third-order valence-corrected chi connectivity index (χ3v) is 3.84. The van der Waals surface area contributed by atoms with E-state index in [1.165, 1.54) is 0 Å². The van der Waals surface area contributed by atoms with Crippen LogP contribution in [0.25, 0.3) is 5.52 Å². The Morgan fingerprint density at radius 3 is 3.25 bits per heavy atom. The summed E-state index contributed by atoms with van der Waals surface area (Å²) in [5.74, 6) is 3.45. The van der Waals surface area contributed by atoms with Gasteiger partial charge in [-0.05, 0) is 12.1 Å². The molecule has 1 aliphatic heterocycles. The van der Waals surface area contributed by atoms with E-state index in [2.05, 4.69) is 10.3 Å². The van der Waals surface area contributed by atoms with Crippen molar-refractivity contribution >= 4 is 17.3 Å². The van der Waals surface area contributed by atoms with Crippen LogP contribution in [-0.2, 0) is 0 Å². The maximum atomic E-state index is 9.50. The molecule has 0 aliphatic carbocycles. The number of rotatable bonds is 1. The highest BCUT2D eigenvalue weighted by Gasteiger charge is 2.19. The van der Waals surface area contributed by atoms with Crippen molar-refractivity contribution in [2.75, 3.05) is 18.1 Å². The highest BCUT2D eigenvalue weighted by Crippen LogP contribution is 2.23. The third-order valence-electron chi connectivity index (χ3n) is 2.77. The largest absolute Gasteiger partial charge is 0.506 e. The fourth-order valence-corrected chi connectivity index (χ4v) is 2.92. The molecule has 1 atom stereocenters. The number of hydrogen-bond acceptors (Lipinski definition) is 4. The van der Waals surface area contributed by atoms with Crippen LogP contribution in [0.4, 0.5) is 0 Å². The lowest BCUT2D eigenvalue weighted by Gasteiger charge is -2.22. The van der Waals surface area contributed by atoms with E-state index in [9.17, 15) is 5.11 Å². The Balaban J connectivity index is 2.05. The van der Waals surface area contributed by atoms with Crippen molar-refractivity contribution in [2.45, 2.75) is 6.04 Å². The molecule has 1 aliphatic rings. The monoisotopic (exact) mass is 235 g/mol. The van der Waals surface area contributed by atoms with E-state index in [4.69, 9.17) is 0 Å². The minimum atomic E-state index is 0.273. The number of imidazole rings is 1. The summed E-state index contributed by atoms with van der Waals surface area (Å²) >= 11 is 1.94.